The van der Waals surface area contributed by atoms with Crippen molar-refractivity contribution in [1.29, 1.82) is 0 Å². The molecule has 0 fully saturated rings. The van der Waals surface area contributed by atoms with E-state index in [0.717, 1.165) is 22.2 Å². The molecule has 0 bridgehead atoms. The van der Waals surface area contributed by atoms with Crippen LogP contribution >= 0.6 is 15.9 Å². The molecule has 0 aliphatic carbocycles. The molecule has 4 nitrogen and oxygen atoms in total. The Bertz CT molecular complexity index is 649. The SMILES string of the molecule is Cn1cc(C(=O)Cc2cc(Br)cc3c2OCC3)cn1. The van der Waals surface area contributed by atoms with E-state index in [4.69, 9.17) is 4.74 Å². The summed E-state index contributed by atoms with van der Waals surface area (Å²) < 4.78 is 8.26. The van der Waals surface area contributed by atoms with Gasteiger partial charge in [0.1, 0.15) is 5.75 Å². The minimum atomic E-state index is 0.0592. The summed E-state index contributed by atoms with van der Waals surface area (Å²) >= 11 is 3.48. The molecule has 0 saturated heterocycles. The number of hydrogen-bond donors (Lipinski definition) is 0. The van der Waals surface area contributed by atoms with E-state index in [1.807, 2.05) is 6.07 Å². The van der Waals surface area contributed by atoms with Crippen molar-refractivity contribution in [3.05, 3.63) is 45.7 Å². The fourth-order valence-electron chi connectivity index (χ4n) is 2.32. The molecule has 19 heavy (non-hydrogen) atoms. The van der Waals surface area contributed by atoms with Crippen LogP contribution in [0.5, 0.6) is 5.75 Å². The lowest BCUT2D eigenvalue weighted by Gasteiger charge is -2.08. The summed E-state index contributed by atoms with van der Waals surface area (Å²) in [6.45, 7) is 0.694. The first kappa shape index (κ1) is 12.4. The van der Waals surface area contributed by atoms with Crippen molar-refractivity contribution in [3.63, 3.8) is 0 Å². The Labute approximate surface area is 119 Å². The second-order valence-corrected chi connectivity index (χ2v) is 5.57. The van der Waals surface area contributed by atoms with E-state index in [1.165, 1.54) is 5.56 Å². The number of carbonyl (C=O) groups excluding carboxylic acids is 1. The molecule has 0 N–H and O–H groups in total. The van der Waals surface area contributed by atoms with Gasteiger partial charge in [0.15, 0.2) is 5.78 Å². The molecule has 0 saturated carbocycles. The van der Waals surface area contributed by atoms with E-state index in [1.54, 1.807) is 24.1 Å². The number of fused-ring (bicyclic) bond motifs is 1. The number of Topliss-reactive ketones (excluding diaryl/α,β-unsaturated/α-hetero) is 1. The Morgan fingerprint density at radius 1 is 1.53 bits per heavy atom. The van der Waals surface area contributed by atoms with Gasteiger partial charge in [-0.2, -0.15) is 5.10 Å². The normalized spacial score (nSPS) is 13.2. The highest BCUT2D eigenvalue weighted by Crippen LogP contribution is 2.33. The summed E-state index contributed by atoms with van der Waals surface area (Å²) in [5.74, 6) is 0.935. The molecule has 0 unspecified atom stereocenters. The Kier molecular flexibility index (Phi) is 3.14. The maximum Gasteiger partial charge on any atom is 0.170 e. The minimum Gasteiger partial charge on any atom is -0.493 e. The Hall–Kier alpha value is -1.62. The summed E-state index contributed by atoms with van der Waals surface area (Å²) in [4.78, 5) is 12.2. The molecule has 1 aliphatic heterocycles. The second-order valence-electron chi connectivity index (χ2n) is 4.65. The summed E-state index contributed by atoms with van der Waals surface area (Å²) in [6, 6.07) is 4.01. The van der Waals surface area contributed by atoms with E-state index in [2.05, 4.69) is 27.1 Å². The average Bonchev–Trinajstić information content (AvgIpc) is 2.97. The van der Waals surface area contributed by atoms with Gasteiger partial charge < -0.3 is 4.74 Å². The van der Waals surface area contributed by atoms with Crippen LogP contribution in [0.25, 0.3) is 0 Å². The molecule has 1 aliphatic rings. The van der Waals surface area contributed by atoms with Gasteiger partial charge in [-0.05, 0) is 17.7 Å². The Morgan fingerprint density at radius 2 is 2.37 bits per heavy atom. The van der Waals surface area contributed by atoms with Crippen LogP contribution in [0, 0.1) is 0 Å². The van der Waals surface area contributed by atoms with Crippen molar-refractivity contribution in [3.8, 4) is 5.75 Å². The van der Waals surface area contributed by atoms with Gasteiger partial charge in [0.2, 0.25) is 0 Å². The van der Waals surface area contributed by atoms with Gasteiger partial charge in [0.25, 0.3) is 0 Å². The van der Waals surface area contributed by atoms with Crippen molar-refractivity contribution >= 4 is 21.7 Å². The van der Waals surface area contributed by atoms with Crippen LogP contribution in [0.2, 0.25) is 0 Å². The number of ketones is 1. The Morgan fingerprint density at radius 3 is 3.11 bits per heavy atom. The Balaban J connectivity index is 1.90. The van der Waals surface area contributed by atoms with Gasteiger partial charge >= 0.3 is 0 Å². The predicted octanol–water partition coefficient (Wildman–Crippen LogP) is 2.54. The topological polar surface area (TPSA) is 44.1 Å². The van der Waals surface area contributed by atoms with Crippen LogP contribution in [-0.2, 0) is 19.9 Å². The third-order valence-electron chi connectivity index (χ3n) is 3.20. The van der Waals surface area contributed by atoms with Crippen LogP contribution in [0.3, 0.4) is 0 Å². The van der Waals surface area contributed by atoms with E-state index < -0.39 is 0 Å². The number of aryl methyl sites for hydroxylation is 1. The van der Waals surface area contributed by atoms with Gasteiger partial charge in [-0.3, -0.25) is 9.48 Å². The molecular formula is C14H13BrN2O2. The first-order valence-electron chi connectivity index (χ1n) is 6.09. The smallest absolute Gasteiger partial charge is 0.170 e. The maximum absolute atomic E-state index is 12.2. The molecule has 0 radical (unpaired) electrons. The van der Waals surface area contributed by atoms with Crippen molar-refractivity contribution < 1.29 is 9.53 Å². The number of nitrogens with zero attached hydrogens (tertiary/aromatic N) is 2. The summed E-state index contributed by atoms with van der Waals surface area (Å²) in [5.41, 5.74) is 2.74. The molecule has 5 heteroatoms. The molecule has 98 valence electrons. The van der Waals surface area contributed by atoms with Crippen molar-refractivity contribution in [2.45, 2.75) is 12.8 Å². The first-order chi connectivity index (χ1) is 9.13. The highest BCUT2D eigenvalue weighted by molar-refractivity contribution is 9.10. The number of benzene rings is 1. The first-order valence-corrected chi connectivity index (χ1v) is 6.89. The molecule has 1 aromatic carbocycles. The molecule has 2 aromatic rings. The highest BCUT2D eigenvalue weighted by atomic mass is 79.9. The summed E-state index contributed by atoms with van der Waals surface area (Å²) in [5, 5.41) is 4.02. The van der Waals surface area contributed by atoms with E-state index >= 15 is 0 Å². The molecular weight excluding hydrogens is 308 g/mol. The number of hydrogen-bond acceptors (Lipinski definition) is 3. The number of rotatable bonds is 3. The lowest BCUT2D eigenvalue weighted by molar-refractivity contribution is 0.0992. The van der Waals surface area contributed by atoms with Crippen LogP contribution in [0.15, 0.2) is 29.0 Å². The highest BCUT2D eigenvalue weighted by Gasteiger charge is 2.20. The predicted molar refractivity (Wildman–Crippen MR) is 74.6 cm³/mol. The zero-order valence-corrected chi connectivity index (χ0v) is 12.1. The number of ether oxygens (including phenoxy) is 1. The van der Waals surface area contributed by atoms with E-state index in [9.17, 15) is 4.79 Å². The largest absolute Gasteiger partial charge is 0.493 e. The van der Waals surface area contributed by atoms with Crippen molar-refractivity contribution in [2.24, 2.45) is 7.05 Å². The van der Waals surface area contributed by atoms with Gasteiger partial charge in [-0.15, -0.1) is 0 Å². The van der Waals surface area contributed by atoms with Gasteiger partial charge in [-0.25, -0.2) is 0 Å². The minimum absolute atomic E-state index is 0.0592. The fourth-order valence-corrected chi connectivity index (χ4v) is 2.87. The molecule has 0 atom stereocenters. The van der Waals surface area contributed by atoms with Gasteiger partial charge in [-0.1, -0.05) is 15.9 Å². The number of aromatic nitrogens is 2. The average molecular weight is 321 g/mol. The zero-order chi connectivity index (χ0) is 13.4. The lowest BCUT2D eigenvalue weighted by Crippen LogP contribution is -2.04. The van der Waals surface area contributed by atoms with Crippen LogP contribution in [0.4, 0.5) is 0 Å². The van der Waals surface area contributed by atoms with Crippen LogP contribution in [-0.4, -0.2) is 22.2 Å². The van der Waals surface area contributed by atoms with Gasteiger partial charge in [0, 0.05) is 36.1 Å². The van der Waals surface area contributed by atoms with E-state index in [-0.39, 0.29) is 5.78 Å². The lowest BCUT2D eigenvalue weighted by atomic mass is 10.0. The molecule has 1 aromatic heterocycles. The second kappa shape index (κ2) is 4.81. The molecule has 0 spiro atoms. The molecule has 2 heterocycles. The van der Waals surface area contributed by atoms with Gasteiger partial charge in [0.05, 0.1) is 18.4 Å². The summed E-state index contributed by atoms with van der Waals surface area (Å²) in [6.07, 6.45) is 4.58. The third-order valence-corrected chi connectivity index (χ3v) is 3.66. The third kappa shape index (κ3) is 2.42. The molecule has 3 rings (SSSR count). The summed E-state index contributed by atoms with van der Waals surface area (Å²) in [7, 11) is 1.80. The van der Waals surface area contributed by atoms with Crippen molar-refractivity contribution in [1.82, 2.24) is 9.78 Å². The maximum atomic E-state index is 12.2. The number of halogens is 1. The van der Waals surface area contributed by atoms with Crippen molar-refractivity contribution in [2.75, 3.05) is 6.61 Å². The fraction of sp³-hybridized carbons (Fsp3) is 0.286. The van der Waals surface area contributed by atoms with Crippen LogP contribution < -0.4 is 4.74 Å². The van der Waals surface area contributed by atoms with Crippen LogP contribution in [0.1, 0.15) is 21.5 Å². The monoisotopic (exact) mass is 320 g/mol. The standard InChI is InChI=1S/C14H13BrN2O2/c1-17-8-11(7-16-17)13(18)6-10-5-12(15)4-9-2-3-19-14(9)10/h4-5,7-8H,2-3,6H2,1H3. The molecule has 0 amide bonds. The quantitative estimate of drug-likeness (QED) is 0.816. The number of carbonyl (C=O) groups is 1. The zero-order valence-electron chi connectivity index (χ0n) is 10.5. The van der Waals surface area contributed by atoms with E-state index in [0.29, 0.717) is 18.6 Å².